The van der Waals surface area contributed by atoms with Gasteiger partial charge in [-0.15, -0.1) is 0 Å². The Balaban J connectivity index is 1.86. The zero-order valence-corrected chi connectivity index (χ0v) is 24.4. The van der Waals surface area contributed by atoms with Crippen LogP contribution >= 0.6 is 8.25 Å². The molecular formula is C27H52N3O7P. The molecule has 0 aromatic carbocycles. The summed E-state index contributed by atoms with van der Waals surface area (Å²) in [5.41, 5.74) is 4.91. The molecule has 0 fully saturated rings. The Morgan fingerprint density at radius 1 is 0.895 bits per heavy atom. The average molecular weight is 562 g/mol. The molecule has 0 saturated heterocycles. The zero-order valence-electron chi connectivity index (χ0n) is 23.4. The molecule has 1 aromatic rings. The summed E-state index contributed by atoms with van der Waals surface area (Å²) in [4.78, 5) is 15.4. The lowest BCUT2D eigenvalue weighted by Gasteiger charge is -2.16. The second-order valence-corrected chi connectivity index (χ2v) is 10.8. The van der Waals surface area contributed by atoms with E-state index >= 15 is 0 Å². The van der Waals surface area contributed by atoms with Crippen LogP contribution in [-0.4, -0.2) is 54.0 Å². The Bertz CT molecular complexity index is 766. The first kappa shape index (κ1) is 34.7. The van der Waals surface area contributed by atoms with Gasteiger partial charge < -0.3 is 24.8 Å². The van der Waals surface area contributed by atoms with Gasteiger partial charge in [-0.05, 0) is 18.9 Å². The van der Waals surface area contributed by atoms with Crippen molar-refractivity contribution in [1.82, 2.24) is 9.55 Å². The Kier molecular flexibility index (Phi) is 22.6. The first-order valence-corrected chi connectivity index (χ1v) is 15.7. The van der Waals surface area contributed by atoms with Gasteiger partial charge in [0.2, 0.25) is 0 Å². The normalized spacial score (nSPS) is 13.1. The lowest BCUT2D eigenvalue weighted by Crippen LogP contribution is -2.32. The maximum atomic E-state index is 11.8. The molecule has 0 aliphatic rings. The van der Waals surface area contributed by atoms with E-state index in [1.54, 1.807) is 0 Å². The van der Waals surface area contributed by atoms with Crippen LogP contribution in [0.5, 0.6) is 0 Å². The highest BCUT2D eigenvalue weighted by Gasteiger charge is 2.11. The third kappa shape index (κ3) is 19.7. The Morgan fingerprint density at radius 3 is 2.05 bits per heavy atom. The molecule has 38 heavy (non-hydrogen) atoms. The molecule has 0 spiro atoms. The van der Waals surface area contributed by atoms with Crippen LogP contribution in [0, 0.1) is 0 Å². The van der Waals surface area contributed by atoms with Gasteiger partial charge in [0.15, 0.2) is 6.79 Å². The number of nitrogens with two attached hydrogens (primary N) is 1. The van der Waals surface area contributed by atoms with Crippen LogP contribution in [0.4, 0.5) is 5.82 Å². The summed E-state index contributed by atoms with van der Waals surface area (Å²) >= 11 is 0. The molecule has 0 saturated carbocycles. The Morgan fingerprint density at radius 2 is 1.47 bits per heavy atom. The van der Waals surface area contributed by atoms with Gasteiger partial charge in [-0.1, -0.05) is 90.4 Å². The Hall–Kier alpha value is -1.29. The molecule has 0 aliphatic heterocycles. The van der Waals surface area contributed by atoms with Crippen LogP contribution in [0.3, 0.4) is 0 Å². The van der Waals surface area contributed by atoms with Crippen LogP contribution in [-0.2, 0) is 29.6 Å². The van der Waals surface area contributed by atoms with Gasteiger partial charge in [-0.3, -0.25) is 13.7 Å². The van der Waals surface area contributed by atoms with E-state index in [-0.39, 0.29) is 32.4 Å². The minimum absolute atomic E-state index is 0.0599. The predicted molar refractivity (Wildman–Crippen MR) is 152 cm³/mol. The maximum Gasteiger partial charge on any atom is 0.349 e. The Labute approximate surface area is 229 Å². The van der Waals surface area contributed by atoms with E-state index in [1.807, 2.05) is 0 Å². The minimum atomic E-state index is -2.71. The smallest absolute Gasteiger partial charge is 0.349 e. The average Bonchev–Trinajstić information content (AvgIpc) is 2.90. The number of ether oxygens (including phenoxy) is 2. The van der Waals surface area contributed by atoms with Gasteiger partial charge in [0.05, 0.1) is 19.8 Å². The van der Waals surface area contributed by atoms with Crippen molar-refractivity contribution in [3.63, 3.8) is 0 Å². The highest BCUT2D eigenvalue weighted by Crippen LogP contribution is 2.23. The monoisotopic (exact) mass is 561 g/mol. The summed E-state index contributed by atoms with van der Waals surface area (Å²) in [6, 6.07) is 1.47. The van der Waals surface area contributed by atoms with E-state index in [0.717, 1.165) is 13.0 Å². The summed E-state index contributed by atoms with van der Waals surface area (Å²) in [5.74, 6) is 0.118. The number of aliphatic hydroxyl groups is 1. The fourth-order valence-electron chi connectivity index (χ4n) is 4.00. The summed E-state index contributed by atoms with van der Waals surface area (Å²) in [6.45, 7) is 3.22. The van der Waals surface area contributed by atoms with Crippen LogP contribution in [0.25, 0.3) is 0 Å². The summed E-state index contributed by atoms with van der Waals surface area (Å²) in [5, 5.41) is 9.42. The van der Waals surface area contributed by atoms with Gasteiger partial charge >= 0.3 is 13.9 Å². The number of hydrogen-bond acceptors (Lipinski definition) is 9. The first-order valence-electron chi connectivity index (χ1n) is 14.5. The fourth-order valence-corrected chi connectivity index (χ4v) is 4.56. The van der Waals surface area contributed by atoms with Crippen molar-refractivity contribution < 1.29 is 28.2 Å². The van der Waals surface area contributed by atoms with Gasteiger partial charge in [-0.2, -0.15) is 4.98 Å². The highest BCUT2D eigenvalue weighted by atomic mass is 31.1. The van der Waals surface area contributed by atoms with Crippen molar-refractivity contribution >= 4 is 14.1 Å². The first-order chi connectivity index (χ1) is 18.6. The van der Waals surface area contributed by atoms with Crippen molar-refractivity contribution in [2.24, 2.45) is 0 Å². The summed E-state index contributed by atoms with van der Waals surface area (Å²) in [7, 11) is -2.71. The molecule has 10 nitrogen and oxygen atoms in total. The second kappa shape index (κ2) is 24.7. The van der Waals surface area contributed by atoms with Crippen LogP contribution in [0.2, 0.25) is 0 Å². The second-order valence-electron chi connectivity index (χ2n) is 9.68. The van der Waals surface area contributed by atoms with Crippen LogP contribution in [0.15, 0.2) is 17.1 Å². The van der Waals surface area contributed by atoms with E-state index in [4.69, 9.17) is 24.3 Å². The van der Waals surface area contributed by atoms with Crippen molar-refractivity contribution in [2.75, 3.05) is 39.0 Å². The van der Waals surface area contributed by atoms with E-state index in [9.17, 15) is 14.5 Å². The van der Waals surface area contributed by atoms with Gasteiger partial charge in [0.1, 0.15) is 11.9 Å². The third-order valence-electron chi connectivity index (χ3n) is 6.28. The van der Waals surface area contributed by atoms with Crippen molar-refractivity contribution in [3.05, 3.63) is 22.7 Å². The predicted octanol–water partition coefficient (Wildman–Crippen LogP) is 5.47. The molecule has 0 radical (unpaired) electrons. The van der Waals surface area contributed by atoms with E-state index in [2.05, 4.69) is 11.9 Å². The summed E-state index contributed by atoms with van der Waals surface area (Å²) < 4.78 is 34.2. The lowest BCUT2D eigenvalue weighted by atomic mass is 10.0. The molecule has 1 unspecified atom stereocenters. The maximum absolute atomic E-state index is 11.8. The third-order valence-corrected chi connectivity index (χ3v) is 7.07. The number of hydrogen-bond donors (Lipinski definition) is 2. The number of anilines is 1. The molecular weight excluding hydrogens is 509 g/mol. The van der Waals surface area contributed by atoms with E-state index in [0.29, 0.717) is 13.0 Å². The molecule has 0 aliphatic carbocycles. The standard InChI is InChI=1S/C27H52N3O7P/c1-2-3-4-5-6-7-8-9-10-11-12-13-14-15-19-34-20-16-21-36-38(33)37-24-35-25(23-31)22-30-18-17-26(28)29-27(30)32/h17-18,25,31,38H,2-16,19-24H2,1H3,(H2,28,29,32)/t25-/m0/s1. The number of aromatic nitrogens is 2. The van der Waals surface area contributed by atoms with Gasteiger partial charge in [0.25, 0.3) is 0 Å². The van der Waals surface area contributed by atoms with Gasteiger partial charge in [-0.25, -0.2) is 4.79 Å². The minimum Gasteiger partial charge on any atom is -0.394 e. The quantitative estimate of drug-likeness (QED) is 0.0814. The summed E-state index contributed by atoms with van der Waals surface area (Å²) in [6.07, 6.45) is 20.1. The molecule has 11 heteroatoms. The number of unbranched alkanes of at least 4 members (excludes halogenated alkanes) is 13. The molecule has 2 atom stereocenters. The molecule has 1 aromatic heterocycles. The largest absolute Gasteiger partial charge is 0.394 e. The van der Waals surface area contributed by atoms with Crippen molar-refractivity contribution in [2.45, 2.75) is 116 Å². The van der Waals surface area contributed by atoms with Crippen molar-refractivity contribution in [1.29, 1.82) is 0 Å². The van der Waals surface area contributed by atoms with E-state index in [1.165, 1.54) is 100 Å². The molecule has 222 valence electrons. The SMILES string of the molecule is CCCCCCCCCCCCCCCCOCCCO[PH](=O)OCO[C@H](CO)Cn1ccc(N)nc1=O. The fraction of sp³-hybridized carbons (Fsp3) is 0.852. The van der Waals surface area contributed by atoms with Crippen molar-refractivity contribution in [3.8, 4) is 0 Å². The van der Waals surface area contributed by atoms with Crippen LogP contribution < -0.4 is 11.4 Å². The molecule has 0 amide bonds. The number of aliphatic hydroxyl groups excluding tert-OH is 1. The highest BCUT2D eigenvalue weighted by molar-refractivity contribution is 7.33. The molecule has 1 heterocycles. The number of rotatable bonds is 27. The van der Waals surface area contributed by atoms with Crippen LogP contribution in [0.1, 0.15) is 103 Å². The molecule has 0 bridgehead atoms. The zero-order chi connectivity index (χ0) is 27.7. The van der Waals surface area contributed by atoms with Gasteiger partial charge in [0, 0.05) is 19.4 Å². The lowest BCUT2D eigenvalue weighted by molar-refractivity contribution is -0.0656. The topological polar surface area (TPSA) is 135 Å². The number of nitrogens with zero attached hydrogens (tertiary/aromatic N) is 2. The van der Waals surface area contributed by atoms with E-state index < -0.39 is 20.0 Å². The number of nitrogen functional groups attached to an aromatic ring is 1. The molecule has 1 rings (SSSR count). The molecule has 3 N–H and O–H groups in total.